The molecule has 110 valence electrons. The van der Waals surface area contributed by atoms with Crippen LogP contribution in [0.2, 0.25) is 0 Å². The zero-order valence-electron chi connectivity index (χ0n) is 11.9. The van der Waals surface area contributed by atoms with Gasteiger partial charge in [-0.05, 0) is 43.9 Å². The van der Waals surface area contributed by atoms with Gasteiger partial charge >= 0.3 is 0 Å². The lowest BCUT2D eigenvalue weighted by Crippen LogP contribution is -2.48. The second-order valence-electron chi connectivity index (χ2n) is 4.99. The molecule has 1 aromatic carbocycles. The minimum Gasteiger partial charge on any atom is -0.494 e. The first-order chi connectivity index (χ1) is 9.67. The van der Waals surface area contributed by atoms with Crippen molar-refractivity contribution in [2.24, 2.45) is 0 Å². The highest BCUT2D eigenvalue weighted by molar-refractivity contribution is 5.81. The summed E-state index contributed by atoms with van der Waals surface area (Å²) in [6, 6.07) is 4.93. The number of nitrogens with one attached hydrogen (secondary N) is 2. The Hall–Kier alpha value is -1.62. The lowest BCUT2D eigenvalue weighted by molar-refractivity contribution is -0.123. The fourth-order valence-electron chi connectivity index (χ4n) is 2.70. The molecule has 1 fully saturated rings. The highest BCUT2D eigenvalue weighted by atomic mass is 19.1. The number of benzene rings is 1. The standard InChI is InChI=1S/C15H21FN2O2/c1-3-17-15(19)12-9-10(7-8-18-12)11-5-4-6-13(20-2)14(11)16/h4-6,10,12,18H,3,7-9H2,1-2H3,(H,17,19). The van der Waals surface area contributed by atoms with Gasteiger partial charge in [0, 0.05) is 6.54 Å². The van der Waals surface area contributed by atoms with Gasteiger partial charge < -0.3 is 15.4 Å². The van der Waals surface area contributed by atoms with Gasteiger partial charge in [-0.3, -0.25) is 4.79 Å². The number of methoxy groups -OCH3 is 1. The summed E-state index contributed by atoms with van der Waals surface area (Å²) >= 11 is 0. The van der Waals surface area contributed by atoms with E-state index in [0.29, 0.717) is 25.1 Å². The summed E-state index contributed by atoms with van der Waals surface area (Å²) < 4.78 is 19.3. The number of ether oxygens (including phenoxy) is 1. The van der Waals surface area contributed by atoms with Crippen LogP contribution >= 0.6 is 0 Å². The molecule has 0 spiro atoms. The first-order valence-corrected chi connectivity index (χ1v) is 7.00. The molecule has 1 aromatic rings. The molecule has 0 aliphatic carbocycles. The smallest absolute Gasteiger partial charge is 0.237 e. The van der Waals surface area contributed by atoms with Crippen molar-refractivity contribution in [2.75, 3.05) is 20.2 Å². The number of amides is 1. The van der Waals surface area contributed by atoms with Crippen LogP contribution in [0.1, 0.15) is 31.2 Å². The van der Waals surface area contributed by atoms with Crippen molar-refractivity contribution < 1.29 is 13.9 Å². The summed E-state index contributed by atoms with van der Waals surface area (Å²) in [5.74, 6) is -0.0217. The lowest BCUT2D eigenvalue weighted by Gasteiger charge is -2.30. The van der Waals surface area contributed by atoms with E-state index in [1.165, 1.54) is 7.11 Å². The molecule has 1 heterocycles. The Kier molecular flexibility index (Phi) is 4.95. The molecule has 0 saturated carbocycles. The first kappa shape index (κ1) is 14.8. The third-order valence-corrected chi connectivity index (χ3v) is 3.72. The predicted molar refractivity (Wildman–Crippen MR) is 75.4 cm³/mol. The molecule has 1 saturated heterocycles. The van der Waals surface area contributed by atoms with Gasteiger partial charge in [0.25, 0.3) is 0 Å². The van der Waals surface area contributed by atoms with Crippen molar-refractivity contribution >= 4 is 5.91 Å². The van der Waals surface area contributed by atoms with E-state index in [1.54, 1.807) is 18.2 Å². The molecule has 0 bridgehead atoms. The molecule has 2 rings (SSSR count). The van der Waals surface area contributed by atoms with Crippen LogP contribution < -0.4 is 15.4 Å². The summed E-state index contributed by atoms with van der Waals surface area (Å²) in [6.45, 7) is 3.21. The van der Waals surface area contributed by atoms with Crippen LogP contribution in [-0.2, 0) is 4.79 Å². The van der Waals surface area contributed by atoms with Crippen molar-refractivity contribution in [3.05, 3.63) is 29.6 Å². The average Bonchev–Trinajstić information content (AvgIpc) is 2.48. The van der Waals surface area contributed by atoms with Gasteiger partial charge in [-0.2, -0.15) is 0 Å². The lowest BCUT2D eigenvalue weighted by atomic mass is 9.85. The normalized spacial score (nSPS) is 22.4. The predicted octanol–water partition coefficient (Wildman–Crippen LogP) is 1.81. The fraction of sp³-hybridized carbons (Fsp3) is 0.533. The third-order valence-electron chi connectivity index (χ3n) is 3.72. The molecule has 0 radical (unpaired) electrons. The van der Waals surface area contributed by atoms with E-state index in [9.17, 15) is 9.18 Å². The van der Waals surface area contributed by atoms with Gasteiger partial charge in [0.05, 0.1) is 13.2 Å². The summed E-state index contributed by atoms with van der Waals surface area (Å²) in [7, 11) is 1.46. The van der Waals surface area contributed by atoms with Crippen molar-refractivity contribution in [3.63, 3.8) is 0 Å². The zero-order valence-corrected chi connectivity index (χ0v) is 11.9. The van der Waals surface area contributed by atoms with E-state index in [1.807, 2.05) is 6.92 Å². The molecular formula is C15H21FN2O2. The molecule has 2 atom stereocenters. The Morgan fingerprint density at radius 1 is 1.55 bits per heavy atom. The Morgan fingerprint density at radius 2 is 2.35 bits per heavy atom. The fourth-order valence-corrected chi connectivity index (χ4v) is 2.70. The number of carbonyl (C=O) groups excluding carboxylic acids is 1. The van der Waals surface area contributed by atoms with E-state index in [-0.39, 0.29) is 29.4 Å². The second-order valence-corrected chi connectivity index (χ2v) is 4.99. The van der Waals surface area contributed by atoms with Crippen molar-refractivity contribution in [2.45, 2.75) is 31.7 Å². The van der Waals surface area contributed by atoms with E-state index in [2.05, 4.69) is 10.6 Å². The quantitative estimate of drug-likeness (QED) is 0.884. The topological polar surface area (TPSA) is 50.4 Å². The molecular weight excluding hydrogens is 259 g/mol. The van der Waals surface area contributed by atoms with Crippen molar-refractivity contribution in [3.8, 4) is 5.75 Å². The first-order valence-electron chi connectivity index (χ1n) is 7.00. The SMILES string of the molecule is CCNC(=O)C1CC(c2cccc(OC)c2F)CCN1. The largest absolute Gasteiger partial charge is 0.494 e. The highest BCUT2D eigenvalue weighted by Gasteiger charge is 2.29. The van der Waals surface area contributed by atoms with Crippen LogP contribution in [0.25, 0.3) is 0 Å². The van der Waals surface area contributed by atoms with Gasteiger partial charge in [0.1, 0.15) is 0 Å². The van der Waals surface area contributed by atoms with Crippen LogP contribution in [0.15, 0.2) is 18.2 Å². The maximum absolute atomic E-state index is 14.3. The number of halogens is 1. The van der Waals surface area contributed by atoms with E-state index < -0.39 is 0 Å². The van der Waals surface area contributed by atoms with E-state index in [0.717, 1.165) is 6.42 Å². The molecule has 5 heteroatoms. The van der Waals surface area contributed by atoms with Crippen molar-refractivity contribution in [1.82, 2.24) is 10.6 Å². The Labute approximate surface area is 118 Å². The van der Waals surface area contributed by atoms with E-state index >= 15 is 0 Å². The average molecular weight is 280 g/mol. The maximum Gasteiger partial charge on any atom is 0.237 e. The third kappa shape index (κ3) is 3.10. The number of hydrogen-bond acceptors (Lipinski definition) is 3. The monoisotopic (exact) mass is 280 g/mol. The number of likely N-dealkylation sites (N-methyl/N-ethyl adjacent to an activating group) is 1. The van der Waals surface area contributed by atoms with Crippen molar-refractivity contribution in [1.29, 1.82) is 0 Å². The van der Waals surface area contributed by atoms with Crippen LogP contribution in [0.3, 0.4) is 0 Å². The van der Waals surface area contributed by atoms with Crippen LogP contribution in [0.5, 0.6) is 5.75 Å². The Bertz CT molecular complexity index is 479. The number of hydrogen-bond donors (Lipinski definition) is 2. The molecule has 0 aromatic heterocycles. The summed E-state index contributed by atoms with van der Waals surface area (Å²) in [6.07, 6.45) is 1.43. The van der Waals surface area contributed by atoms with Crippen LogP contribution in [0.4, 0.5) is 4.39 Å². The summed E-state index contributed by atoms with van der Waals surface area (Å²) in [5.41, 5.74) is 0.639. The molecule has 2 N–H and O–H groups in total. The molecule has 1 amide bonds. The van der Waals surface area contributed by atoms with Gasteiger partial charge in [0.2, 0.25) is 5.91 Å². The Balaban J connectivity index is 2.15. The summed E-state index contributed by atoms with van der Waals surface area (Å²) in [4.78, 5) is 11.9. The van der Waals surface area contributed by atoms with Gasteiger partial charge in [-0.1, -0.05) is 12.1 Å². The highest BCUT2D eigenvalue weighted by Crippen LogP contribution is 2.33. The van der Waals surface area contributed by atoms with Gasteiger partial charge in [-0.15, -0.1) is 0 Å². The second kappa shape index (κ2) is 6.70. The van der Waals surface area contributed by atoms with E-state index in [4.69, 9.17) is 4.74 Å². The number of rotatable bonds is 4. The van der Waals surface area contributed by atoms with Gasteiger partial charge in [0.15, 0.2) is 11.6 Å². The van der Waals surface area contributed by atoms with Gasteiger partial charge in [-0.25, -0.2) is 4.39 Å². The zero-order chi connectivity index (χ0) is 14.5. The van der Waals surface area contributed by atoms with Crippen LogP contribution in [-0.4, -0.2) is 32.1 Å². The number of piperidine rings is 1. The molecule has 2 unspecified atom stereocenters. The minimum atomic E-state index is -0.309. The molecule has 4 nitrogen and oxygen atoms in total. The molecule has 1 aliphatic rings. The molecule has 1 aliphatic heterocycles. The summed E-state index contributed by atoms with van der Waals surface area (Å²) in [5, 5.41) is 5.99. The number of carbonyl (C=O) groups is 1. The van der Waals surface area contributed by atoms with Crippen LogP contribution in [0, 0.1) is 5.82 Å². The maximum atomic E-state index is 14.3. The molecule has 20 heavy (non-hydrogen) atoms. The minimum absolute atomic E-state index is 0.0134. The Morgan fingerprint density at radius 3 is 3.05 bits per heavy atom.